The van der Waals surface area contributed by atoms with Gasteiger partial charge in [0.2, 0.25) is 10.0 Å². The molecule has 0 spiro atoms. The van der Waals surface area contributed by atoms with Crippen molar-refractivity contribution in [2.75, 3.05) is 24.7 Å². The molecule has 0 unspecified atom stereocenters. The minimum atomic E-state index is -3.67. The van der Waals surface area contributed by atoms with Crippen LogP contribution >= 0.6 is 0 Å². The molecule has 0 fully saturated rings. The highest BCUT2D eigenvalue weighted by atomic mass is 32.2. The molecule has 0 atom stereocenters. The number of furan rings is 1. The Kier molecular flexibility index (Phi) is 6.30. The van der Waals surface area contributed by atoms with Crippen molar-refractivity contribution in [1.82, 2.24) is 20.5 Å². The maximum Gasteiger partial charge on any atom is 0.255 e. The number of halogens is 1. The fourth-order valence-corrected chi connectivity index (χ4v) is 5.38. The van der Waals surface area contributed by atoms with Gasteiger partial charge in [-0.25, -0.2) is 12.8 Å². The molecule has 3 aromatic heterocycles. The van der Waals surface area contributed by atoms with Crippen LogP contribution in [0.5, 0.6) is 0 Å². The SMILES string of the molecule is CNC(=O)c1c(-c2ccc(F)cc2)oc2cc(N(C)S(C)(=O)=O)c(-c3ccc4[nH]nc(-c5ccncc5)c4c3)cc12. The number of benzene rings is 3. The van der Waals surface area contributed by atoms with Crippen LogP contribution in [0.2, 0.25) is 0 Å². The molecule has 206 valence electrons. The van der Waals surface area contributed by atoms with Gasteiger partial charge in [-0.15, -0.1) is 0 Å². The summed E-state index contributed by atoms with van der Waals surface area (Å²) >= 11 is 0. The number of anilines is 1. The zero-order valence-electron chi connectivity index (χ0n) is 22.3. The number of aromatic nitrogens is 3. The average molecular weight is 570 g/mol. The number of carbonyl (C=O) groups is 1. The lowest BCUT2D eigenvalue weighted by atomic mass is 9.97. The van der Waals surface area contributed by atoms with E-state index >= 15 is 0 Å². The molecule has 0 bridgehead atoms. The Labute approximate surface area is 234 Å². The summed E-state index contributed by atoms with van der Waals surface area (Å²) in [5.41, 5.74) is 5.07. The zero-order chi connectivity index (χ0) is 28.9. The number of pyridine rings is 1. The van der Waals surface area contributed by atoms with E-state index in [9.17, 15) is 17.6 Å². The number of H-pyrrole nitrogens is 1. The lowest BCUT2D eigenvalue weighted by molar-refractivity contribution is 0.0964. The molecular formula is C30H24FN5O4S. The lowest BCUT2D eigenvalue weighted by Crippen LogP contribution is -2.25. The van der Waals surface area contributed by atoms with Crippen LogP contribution in [0.1, 0.15) is 10.4 Å². The first-order chi connectivity index (χ1) is 19.7. The van der Waals surface area contributed by atoms with E-state index in [-0.39, 0.29) is 11.3 Å². The first-order valence-corrected chi connectivity index (χ1v) is 14.4. The zero-order valence-corrected chi connectivity index (χ0v) is 23.1. The molecule has 9 nitrogen and oxygen atoms in total. The summed E-state index contributed by atoms with van der Waals surface area (Å²) in [4.78, 5) is 17.2. The lowest BCUT2D eigenvalue weighted by Gasteiger charge is -2.21. The predicted molar refractivity (Wildman–Crippen MR) is 157 cm³/mol. The molecule has 0 radical (unpaired) electrons. The number of rotatable bonds is 6. The van der Waals surface area contributed by atoms with E-state index in [0.717, 1.165) is 28.4 Å². The highest BCUT2D eigenvalue weighted by molar-refractivity contribution is 7.92. The molecule has 0 aliphatic heterocycles. The Bertz CT molecular complexity index is 2050. The van der Waals surface area contributed by atoms with E-state index in [1.165, 1.54) is 42.7 Å². The molecule has 0 saturated carbocycles. The molecule has 0 aliphatic rings. The highest BCUT2D eigenvalue weighted by Crippen LogP contribution is 2.42. The Balaban J connectivity index is 1.64. The smallest absolute Gasteiger partial charge is 0.255 e. The fourth-order valence-electron chi connectivity index (χ4n) is 4.87. The van der Waals surface area contributed by atoms with E-state index in [0.29, 0.717) is 33.3 Å². The summed E-state index contributed by atoms with van der Waals surface area (Å²) in [6.07, 6.45) is 4.49. The number of hydrogen-bond donors (Lipinski definition) is 2. The van der Waals surface area contributed by atoms with Gasteiger partial charge in [0.25, 0.3) is 5.91 Å². The second-order valence-corrected chi connectivity index (χ2v) is 11.6. The number of nitrogens with zero attached hydrogens (tertiary/aromatic N) is 3. The molecule has 0 aliphatic carbocycles. The van der Waals surface area contributed by atoms with Gasteiger partial charge in [-0.3, -0.25) is 19.2 Å². The van der Waals surface area contributed by atoms with Crippen molar-refractivity contribution >= 4 is 43.5 Å². The maximum absolute atomic E-state index is 13.7. The van der Waals surface area contributed by atoms with Crippen LogP contribution in [0.4, 0.5) is 10.1 Å². The molecule has 2 N–H and O–H groups in total. The Morgan fingerprint density at radius 1 is 0.951 bits per heavy atom. The van der Waals surface area contributed by atoms with Crippen molar-refractivity contribution in [3.8, 4) is 33.7 Å². The number of sulfonamides is 1. The molecule has 41 heavy (non-hydrogen) atoms. The van der Waals surface area contributed by atoms with Gasteiger partial charge >= 0.3 is 0 Å². The Hall–Kier alpha value is -5.03. The van der Waals surface area contributed by atoms with E-state index in [4.69, 9.17) is 4.42 Å². The van der Waals surface area contributed by atoms with Crippen molar-refractivity contribution in [3.05, 3.63) is 90.5 Å². The molecule has 0 saturated heterocycles. The summed E-state index contributed by atoms with van der Waals surface area (Å²) in [6.45, 7) is 0. The van der Waals surface area contributed by atoms with Crippen LogP contribution in [-0.4, -0.2) is 49.9 Å². The number of hydrogen-bond acceptors (Lipinski definition) is 6. The predicted octanol–water partition coefficient (Wildman–Crippen LogP) is 5.60. The van der Waals surface area contributed by atoms with Gasteiger partial charge in [0.05, 0.1) is 23.0 Å². The third kappa shape index (κ3) is 4.59. The molecule has 1 amide bonds. The summed E-state index contributed by atoms with van der Waals surface area (Å²) in [5, 5.41) is 11.5. The number of fused-ring (bicyclic) bond motifs is 2. The van der Waals surface area contributed by atoms with Crippen molar-refractivity contribution in [2.45, 2.75) is 0 Å². The fraction of sp³-hybridized carbons (Fsp3) is 0.100. The minimum absolute atomic E-state index is 0.245. The van der Waals surface area contributed by atoms with Crippen LogP contribution in [0.15, 0.2) is 83.5 Å². The number of carbonyl (C=O) groups excluding carboxylic acids is 1. The van der Waals surface area contributed by atoms with Gasteiger partial charge in [-0.05, 0) is 60.2 Å². The van der Waals surface area contributed by atoms with Crippen LogP contribution < -0.4 is 9.62 Å². The van der Waals surface area contributed by atoms with Gasteiger partial charge in [0.1, 0.15) is 22.9 Å². The largest absolute Gasteiger partial charge is 0.455 e. The summed E-state index contributed by atoms with van der Waals surface area (Å²) in [7, 11) is -0.704. The number of amides is 1. The van der Waals surface area contributed by atoms with E-state index in [1.807, 2.05) is 30.3 Å². The van der Waals surface area contributed by atoms with E-state index in [1.54, 1.807) is 24.5 Å². The second kappa shape index (κ2) is 9.86. The van der Waals surface area contributed by atoms with Crippen LogP contribution in [-0.2, 0) is 10.0 Å². The molecule has 3 heterocycles. The summed E-state index contributed by atoms with van der Waals surface area (Å²) in [5.74, 6) is -0.579. The number of nitrogens with one attached hydrogen (secondary N) is 2. The summed E-state index contributed by atoms with van der Waals surface area (Å²) < 4.78 is 46.4. The normalized spacial score (nSPS) is 11.7. The monoisotopic (exact) mass is 569 g/mol. The van der Waals surface area contributed by atoms with Gasteiger partial charge in [0.15, 0.2) is 0 Å². The van der Waals surface area contributed by atoms with Crippen molar-refractivity contribution in [1.29, 1.82) is 0 Å². The van der Waals surface area contributed by atoms with Gasteiger partial charge in [-0.2, -0.15) is 5.10 Å². The van der Waals surface area contributed by atoms with Crippen LogP contribution in [0, 0.1) is 5.82 Å². The topological polar surface area (TPSA) is 121 Å². The van der Waals surface area contributed by atoms with Gasteiger partial charge in [-0.1, -0.05) is 6.07 Å². The van der Waals surface area contributed by atoms with Crippen molar-refractivity contribution in [3.63, 3.8) is 0 Å². The highest BCUT2D eigenvalue weighted by Gasteiger charge is 2.26. The molecular weight excluding hydrogens is 545 g/mol. The van der Waals surface area contributed by atoms with Crippen LogP contribution in [0.3, 0.4) is 0 Å². The molecule has 6 aromatic rings. The Morgan fingerprint density at radius 2 is 1.66 bits per heavy atom. The van der Waals surface area contributed by atoms with Crippen molar-refractivity contribution < 1.29 is 22.0 Å². The van der Waals surface area contributed by atoms with E-state index < -0.39 is 21.7 Å². The molecule has 11 heteroatoms. The quantitative estimate of drug-likeness (QED) is 0.269. The second-order valence-electron chi connectivity index (χ2n) is 9.56. The van der Waals surface area contributed by atoms with Gasteiger partial charge in [0, 0.05) is 60.0 Å². The minimum Gasteiger partial charge on any atom is -0.455 e. The maximum atomic E-state index is 13.7. The number of aromatic amines is 1. The van der Waals surface area contributed by atoms with Crippen LogP contribution in [0.25, 0.3) is 55.6 Å². The average Bonchev–Trinajstić information content (AvgIpc) is 3.57. The Morgan fingerprint density at radius 3 is 2.34 bits per heavy atom. The summed E-state index contributed by atoms with van der Waals surface area (Å²) in [6, 6.07) is 18.3. The first kappa shape index (κ1) is 26.2. The standard InChI is InChI=1S/C30H24FN5O4S/c1-32-30(37)27-23-15-21(19-6-9-24-22(14-19)28(35-34-24)17-10-12-33-13-11-17)25(36(2)41(3,38)39)16-26(23)40-29(27)18-4-7-20(31)8-5-18/h4-16H,1-3H3,(H,32,37)(H,34,35). The third-order valence-corrected chi connectivity index (χ3v) is 8.22. The molecule has 6 rings (SSSR count). The third-order valence-electron chi connectivity index (χ3n) is 7.03. The first-order valence-electron chi connectivity index (χ1n) is 12.6. The molecule has 3 aromatic carbocycles. The van der Waals surface area contributed by atoms with Crippen molar-refractivity contribution in [2.24, 2.45) is 0 Å². The van der Waals surface area contributed by atoms with Gasteiger partial charge < -0.3 is 9.73 Å². The van der Waals surface area contributed by atoms with E-state index in [2.05, 4.69) is 20.5 Å².